The summed E-state index contributed by atoms with van der Waals surface area (Å²) in [6, 6.07) is 13.2. The van der Waals surface area contributed by atoms with Crippen LogP contribution in [-0.4, -0.2) is 30.3 Å². The molecule has 25 heavy (non-hydrogen) atoms. The van der Waals surface area contributed by atoms with Crippen molar-refractivity contribution in [1.82, 2.24) is 29.7 Å². The molecule has 0 radical (unpaired) electrons. The number of pyridine rings is 1. The number of carbonyl (C=O) groups excluding carboxylic acids is 1. The van der Waals surface area contributed by atoms with Crippen molar-refractivity contribution in [2.24, 2.45) is 0 Å². The lowest BCUT2D eigenvalue weighted by molar-refractivity contribution is 0.0940. The fraction of sp³-hybridized carbons (Fsp3) is 0.111. The Labute approximate surface area is 143 Å². The van der Waals surface area contributed by atoms with E-state index in [0.717, 1.165) is 16.8 Å². The fourth-order valence-electron chi connectivity index (χ4n) is 2.68. The number of amides is 1. The minimum atomic E-state index is -0.114. The maximum absolute atomic E-state index is 12.5. The van der Waals surface area contributed by atoms with Gasteiger partial charge >= 0.3 is 0 Å². The first-order valence-electron chi connectivity index (χ1n) is 7.90. The Morgan fingerprint density at radius 1 is 1.12 bits per heavy atom. The molecule has 0 aliphatic rings. The predicted molar refractivity (Wildman–Crippen MR) is 92.4 cm³/mol. The van der Waals surface area contributed by atoms with Crippen molar-refractivity contribution >= 4 is 11.4 Å². The van der Waals surface area contributed by atoms with E-state index in [9.17, 15) is 4.79 Å². The molecule has 1 amide bonds. The monoisotopic (exact) mass is 332 g/mol. The van der Waals surface area contributed by atoms with E-state index in [2.05, 4.69) is 20.5 Å². The molecule has 1 aromatic carbocycles. The van der Waals surface area contributed by atoms with Crippen LogP contribution in [0, 0.1) is 0 Å². The first-order chi connectivity index (χ1) is 12.2. The third kappa shape index (κ3) is 2.99. The second-order valence-electron chi connectivity index (χ2n) is 5.74. The highest BCUT2D eigenvalue weighted by Crippen LogP contribution is 2.16. The lowest BCUT2D eigenvalue weighted by atomic mass is 10.1. The van der Waals surface area contributed by atoms with E-state index in [1.54, 1.807) is 34.0 Å². The summed E-state index contributed by atoms with van der Waals surface area (Å²) in [6.07, 6.45) is 6.62. The van der Waals surface area contributed by atoms with Crippen molar-refractivity contribution in [3.8, 4) is 5.69 Å². The van der Waals surface area contributed by atoms with Gasteiger partial charge in [-0.25, -0.2) is 14.2 Å². The second kappa shape index (κ2) is 6.20. The highest BCUT2D eigenvalue weighted by atomic mass is 16.1. The van der Waals surface area contributed by atoms with Crippen molar-refractivity contribution in [1.29, 1.82) is 0 Å². The average Bonchev–Trinajstić information content (AvgIpc) is 3.32. The molecule has 1 atom stereocenters. The van der Waals surface area contributed by atoms with Crippen molar-refractivity contribution in [2.75, 3.05) is 0 Å². The Morgan fingerprint density at radius 3 is 2.72 bits per heavy atom. The van der Waals surface area contributed by atoms with Gasteiger partial charge in [-0.15, -0.1) is 0 Å². The Morgan fingerprint density at radius 2 is 1.96 bits per heavy atom. The van der Waals surface area contributed by atoms with E-state index in [4.69, 9.17) is 0 Å². The van der Waals surface area contributed by atoms with Crippen molar-refractivity contribution in [2.45, 2.75) is 13.0 Å². The third-order valence-electron chi connectivity index (χ3n) is 4.09. The zero-order chi connectivity index (χ0) is 17.2. The van der Waals surface area contributed by atoms with Gasteiger partial charge in [0.15, 0.2) is 0 Å². The zero-order valence-corrected chi connectivity index (χ0v) is 13.6. The van der Waals surface area contributed by atoms with Gasteiger partial charge in [0.1, 0.15) is 12.7 Å². The standard InChI is InChI=1S/C18H16N6O/c1-13(14-2-4-16(5-3-14)24-12-19-11-21-24)22-18(25)15-7-9-23-17(10-15)6-8-20-23/h2-13H,1H3,(H,22,25). The molecule has 0 aliphatic heterocycles. The predicted octanol–water partition coefficient (Wildman–Crippen LogP) is 2.41. The van der Waals surface area contributed by atoms with Crippen LogP contribution in [0.4, 0.5) is 0 Å². The van der Waals surface area contributed by atoms with E-state index in [1.165, 1.54) is 6.33 Å². The highest BCUT2D eigenvalue weighted by molar-refractivity contribution is 5.95. The molecule has 1 N–H and O–H groups in total. The molecule has 3 heterocycles. The van der Waals surface area contributed by atoms with Crippen LogP contribution in [0.1, 0.15) is 28.9 Å². The molecule has 0 fully saturated rings. The maximum Gasteiger partial charge on any atom is 0.251 e. The van der Waals surface area contributed by atoms with E-state index in [0.29, 0.717) is 5.56 Å². The SMILES string of the molecule is CC(NC(=O)c1ccn2nccc2c1)c1ccc(-n2cncn2)cc1. The summed E-state index contributed by atoms with van der Waals surface area (Å²) in [5.74, 6) is -0.114. The van der Waals surface area contributed by atoms with Gasteiger partial charge in [-0.05, 0) is 42.8 Å². The summed E-state index contributed by atoms with van der Waals surface area (Å²) >= 11 is 0. The summed E-state index contributed by atoms with van der Waals surface area (Å²) in [5.41, 5.74) is 3.44. The smallest absolute Gasteiger partial charge is 0.251 e. The van der Waals surface area contributed by atoms with Crippen LogP contribution in [0.2, 0.25) is 0 Å². The summed E-state index contributed by atoms with van der Waals surface area (Å²) in [5, 5.41) is 11.2. The van der Waals surface area contributed by atoms with Gasteiger partial charge in [-0.2, -0.15) is 10.2 Å². The molecule has 0 spiro atoms. The van der Waals surface area contributed by atoms with Crippen LogP contribution in [0.25, 0.3) is 11.2 Å². The van der Waals surface area contributed by atoms with E-state index < -0.39 is 0 Å². The summed E-state index contributed by atoms with van der Waals surface area (Å²) in [4.78, 5) is 16.4. The number of benzene rings is 1. The van der Waals surface area contributed by atoms with Crippen LogP contribution in [0.15, 0.2) is 67.5 Å². The molecule has 7 heteroatoms. The molecule has 124 valence electrons. The van der Waals surface area contributed by atoms with Gasteiger partial charge in [0, 0.05) is 18.0 Å². The van der Waals surface area contributed by atoms with Crippen LogP contribution in [-0.2, 0) is 0 Å². The Kier molecular flexibility index (Phi) is 3.74. The van der Waals surface area contributed by atoms with Crippen LogP contribution >= 0.6 is 0 Å². The topological polar surface area (TPSA) is 77.1 Å². The van der Waals surface area contributed by atoms with E-state index in [1.807, 2.05) is 43.3 Å². The number of hydrogen-bond donors (Lipinski definition) is 1. The fourth-order valence-corrected chi connectivity index (χ4v) is 2.68. The Balaban J connectivity index is 1.49. The van der Waals surface area contributed by atoms with Gasteiger partial charge in [-0.3, -0.25) is 4.79 Å². The first-order valence-corrected chi connectivity index (χ1v) is 7.90. The van der Waals surface area contributed by atoms with E-state index >= 15 is 0 Å². The molecule has 4 aromatic rings. The number of carbonyl (C=O) groups is 1. The molecule has 0 saturated heterocycles. The van der Waals surface area contributed by atoms with Crippen LogP contribution in [0.3, 0.4) is 0 Å². The molecule has 0 bridgehead atoms. The van der Waals surface area contributed by atoms with Crippen molar-refractivity contribution < 1.29 is 4.79 Å². The molecule has 4 rings (SSSR count). The number of nitrogens with zero attached hydrogens (tertiary/aromatic N) is 5. The summed E-state index contributed by atoms with van der Waals surface area (Å²) < 4.78 is 3.41. The number of aromatic nitrogens is 5. The maximum atomic E-state index is 12.5. The lowest BCUT2D eigenvalue weighted by Gasteiger charge is -2.15. The van der Waals surface area contributed by atoms with E-state index in [-0.39, 0.29) is 11.9 Å². The van der Waals surface area contributed by atoms with Crippen LogP contribution in [0.5, 0.6) is 0 Å². The molecule has 3 aromatic heterocycles. The molecule has 7 nitrogen and oxygen atoms in total. The normalized spacial score (nSPS) is 12.2. The third-order valence-corrected chi connectivity index (χ3v) is 4.09. The van der Waals surface area contributed by atoms with Gasteiger partial charge in [0.05, 0.1) is 17.2 Å². The largest absolute Gasteiger partial charge is 0.346 e. The quantitative estimate of drug-likeness (QED) is 0.622. The Bertz CT molecular complexity index is 1000. The minimum Gasteiger partial charge on any atom is -0.346 e. The number of fused-ring (bicyclic) bond motifs is 1. The number of nitrogens with one attached hydrogen (secondary N) is 1. The molecule has 0 aliphatic carbocycles. The van der Waals surface area contributed by atoms with Gasteiger partial charge in [-0.1, -0.05) is 12.1 Å². The highest BCUT2D eigenvalue weighted by Gasteiger charge is 2.12. The van der Waals surface area contributed by atoms with Crippen LogP contribution < -0.4 is 5.32 Å². The summed E-state index contributed by atoms with van der Waals surface area (Å²) in [7, 11) is 0. The molecular formula is C18H16N6O. The summed E-state index contributed by atoms with van der Waals surface area (Å²) in [6.45, 7) is 1.96. The number of hydrogen-bond acceptors (Lipinski definition) is 4. The molecule has 0 saturated carbocycles. The van der Waals surface area contributed by atoms with Crippen molar-refractivity contribution in [3.63, 3.8) is 0 Å². The van der Waals surface area contributed by atoms with Gasteiger partial charge in [0.2, 0.25) is 0 Å². The minimum absolute atomic E-state index is 0.113. The van der Waals surface area contributed by atoms with Gasteiger partial charge < -0.3 is 5.32 Å². The van der Waals surface area contributed by atoms with Crippen molar-refractivity contribution in [3.05, 3.63) is 78.6 Å². The molecular weight excluding hydrogens is 316 g/mol. The number of rotatable bonds is 4. The zero-order valence-electron chi connectivity index (χ0n) is 13.6. The average molecular weight is 332 g/mol. The van der Waals surface area contributed by atoms with Gasteiger partial charge in [0.25, 0.3) is 5.91 Å². The first kappa shape index (κ1) is 15.1. The molecule has 1 unspecified atom stereocenters. The Hall–Kier alpha value is -3.48. The second-order valence-corrected chi connectivity index (χ2v) is 5.74. The lowest BCUT2D eigenvalue weighted by Crippen LogP contribution is -2.26.